The molecule has 1 aromatic heterocycles. The largest absolute Gasteiger partial charge is 0.469 e. The van der Waals surface area contributed by atoms with Gasteiger partial charge in [-0.15, -0.1) is 0 Å². The van der Waals surface area contributed by atoms with Gasteiger partial charge in [0.05, 0.1) is 6.26 Å². The van der Waals surface area contributed by atoms with Gasteiger partial charge in [0.2, 0.25) is 5.90 Å². The number of hydrogen-bond donors (Lipinski definition) is 1. The fourth-order valence-corrected chi connectivity index (χ4v) is 1.68. The zero-order valence-electron chi connectivity index (χ0n) is 8.55. The van der Waals surface area contributed by atoms with Crippen molar-refractivity contribution < 1.29 is 9.15 Å². The maximum absolute atomic E-state index is 7.46. The van der Waals surface area contributed by atoms with Gasteiger partial charge in [-0.2, -0.15) is 0 Å². The molecule has 14 heavy (non-hydrogen) atoms. The highest BCUT2D eigenvalue weighted by Gasteiger charge is 2.33. The minimum Gasteiger partial charge on any atom is -0.469 e. The highest BCUT2D eigenvalue weighted by Crippen LogP contribution is 2.35. The van der Waals surface area contributed by atoms with E-state index in [9.17, 15) is 0 Å². The molecule has 3 nitrogen and oxygen atoms in total. The molecule has 1 N–H and O–H groups in total. The van der Waals surface area contributed by atoms with Gasteiger partial charge >= 0.3 is 0 Å². The van der Waals surface area contributed by atoms with E-state index in [1.165, 1.54) is 0 Å². The standard InChI is InChI=1S/C11H13NO2/c1-7-4-8(6-13-7)9-5-10(12)14-11(9,2)3/h4-6,12H,1-3H3. The molecule has 0 fully saturated rings. The van der Waals surface area contributed by atoms with Crippen LogP contribution in [-0.2, 0) is 4.74 Å². The third kappa shape index (κ3) is 1.35. The zero-order valence-corrected chi connectivity index (χ0v) is 8.55. The summed E-state index contributed by atoms with van der Waals surface area (Å²) in [6, 6.07) is 1.95. The van der Waals surface area contributed by atoms with Gasteiger partial charge < -0.3 is 9.15 Å². The molecule has 0 saturated heterocycles. The number of furan rings is 1. The molecule has 0 unspecified atom stereocenters. The minimum absolute atomic E-state index is 0.212. The predicted molar refractivity (Wildman–Crippen MR) is 54.3 cm³/mol. The minimum atomic E-state index is -0.423. The predicted octanol–water partition coefficient (Wildman–Crippen LogP) is 2.76. The van der Waals surface area contributed by atoms with Crippen LogP contribution in [0.1, 0.15) is 25.2 Å². The van der Waals surface area contributed by atoms with Gasteiger partial charge in [0.15, 0.2) is 0 Å². The summed E-state index contributed by atoms with van der Waals surface area (Å²) < 4.78 is 10.6. The van der Waals surface area contributed by atoms with E-state index in [4.69, 9.17) is 14.6 Å². The van der Waals surface area contributed by atoms with E-state index >= 15 is 0 Å². The normalized spacial score (nSPS) is 19.4. The quantitative estimate of drug-likeness (QED) is 0.741. The van der Waals surface area contributed by atoms with Crippen LogP contribution in [0.4, 0.5) is 0 Å². The second-order valence-electron chi connectivity index (χ2n) is 3.98. The molecule has 1 aliphatic rings. The van der Waals surface area contributed by atoms with Crippen molar-refractivity contribution in [3.63, 3.8) is 0 Å². The van der Waals surface area contributed by atoms with E-state index < -0.39 is 5.60 Å². The average Bonchev–Trinajstić information content (AvgIpc) is 2.55. The van der Waals surface area contributed by atoms with Crippen molar-refractivity contribution in [1.29, 1.82) is 5.41 Å². The van der Waals surface area contributed by atoms with Gasteiger partial charge in [-0.05, 0) is 26.8 Å². The van der Waals surface area contributed by atoms with Crippen molar-refractivity contribution in [2.75, 3.05) is 0 Å². The van der Waals surface area contributed by atoms with Crippen LogP contribution >= 0.6 is 0 Å². The monoisotopic (exact) mass is 191 g/mol. The first-order chi connectivity index (χ1) is 6.49. The van der Waals surface area contributed by atoms with Crippen LogP contribution in [-0.4, -0.2) is 11.5 Å². The lowest BCUT2D eigenvalue weighted by molar-refractivity contribution is 0.169. The van der Waals surface area contributed by atoms with E-state index in [-0.39, 0.29) is 5.90 Å². The molecule has 0 spiro atoms. The Morgan fingerprint density at radius 1 is 1.36 bits per heavy atom. The lowest BCUT2D eigenvalue weighted by Crippen LogP contribution is -2.21. The van der Waals surface area contributed by atoms with Crippen LogP contribution in [0.5, 0.6) is 0 Å². The van der Waals surface area contributed by atoms with E-state index in [2.05, 4.69) is 0 Å². The SMILES string of the molecule is Cc1cc(C2=CC(=N)OC2(C)C)co1. The van der Waals surface area contributed by atoms with Gasteiger partial charge in [-0.1, -0.05) is 0 Å². The summed E-state index contributed by atoms with van der Waals surface area (Å²) in [6.07, 6.45) is 3.44. The zero-order chi connectivity index (χ0) is 10.3. The summed E-state index contributed by atoms with van der Waals surface area (Å²) >= 11 is 0. The van der Waals surface area contributed by atoms with E-state index in [1.807, 2.05) is 26.8 Å². The molecular weight excluding hydrogens is 178 g/mol. The Morgan fingerprint density at radius 2 is 2.07 bits per heavy atom. The number of aryl methyl sites for hydroxylation is 1. The number of rotatable bonds is 1. The first kappa shape index (κ1) is 9.06. The van der Waals surface area contributed by atoms with Crippen LogP contribution in [0.15, 0.2) is 22.8 Å². The van der Waals surface area contributed by atoms with Crippen LogP contribution < -0.4 is 0 Å². The molecule has 74 valence electrons. The summed E-state index contributed by atoms with van der Waals surface area (Å²) in [5.74, 6) is 1.08. The van der Waals surface area contributed by atoms with Gasteiger partial charge in [0.1, 0.15) is 11.4 Å². The van der Waals surface area contributed by atoms with Crippen molar-refractivity contribution in [2.24, 2.45) is 0 Å². The Bertz CT molecular complexity index is 413. The van der Waals surface area contributed by atoms with Gasteiger partial charge in [0, 0.05) is 17.2 Å². The van der Waals surface area contributed by atoms with Crippen LogP contribution in [0.2, 0.25) is 0 Å². The first-order valence-corrected chi connectivity index (χ1v) is 4.54. The smallest absolute Gasteiger partial charge is 0.206 e. The topological polar surface area (TPSA) is 46.2 Å². The Hall–Kier alpha value is -1.51. The molecule has 2 rings (SSSR count). The molecule has 0 aliphatic carbocycles. The van der Waals surface area contributed by atoms with E-state index in [0.717, 1.165) is 16.9 Å². The third-order valence-corrected chi connectivity index (χ3v) is 2.33. The van der Waals surface area contributed by atoms with Crippen molar-refractivity contribution in [2.45, 2.75) is 26.4 Å². The highest BCUT2D eigenvalue weighted by atomic mass is 16.5. The Morgan fingerprint density at radius 3 is 2.50 bits per heavy atom. The number of ether oxygens (including phenoxy) is 1. The van der Waals surface area contributed by atoms with Gasteiger partial charge in [-0.3, -0.25) is 5.41 Å². The maximum atomic E-state index is 7.46. The molecule has 0 atom stereocenters. The fraction of sp³-hybridized carbons (Fsp3) is 0.364. The van der Waals surface area contributed by atoms with E-state index in [1.54, 1.807) is 12.3 Å². The molecule has 3 heteroatoms. The first-order valence-electron chi connectivity index (χ1n) is 4.54. The molecule has 2 heterocycles. The summed E-state index contributed by atoms with van der Waals surface area (Å²) in [7, 11) is 0. The average molecular weight is 191 g/mol. The van der Waals surface area contributed by atoms with Crippen LogP contribution in [0.25, 0.3) is 5.57 Å². The lowest BCUT2D eigenvalue weighted by atomic mass is 9.94. The molecule has 0 amide bonds. The Kier molecular flexibility index (Phi) is 1.77. The Balaban J connectivity index is 2.44. The van der Waals surface area contributed by atoms with E-state index in [0.29, 0.717) is 0 Å². The highest BCUT2D eigenvalue weighted by molar-refractivity contribution is 5.99. The summed E-state index contributed by atoms with van der Waals surface area (Å²) in [6.45, 7) is 5.80. The molecule has 1 aromatic rings. The summed E-state index contributed by atoms with van der Waals surface area (Å²) in [5, 5.41) is 7.46. The molecule has 0 bridgehead atoms. The van der Waals surface area contributed by atoms with Crippen molar-refractivity contribution in [3.05, 3.63) is 29.7 Å². The summed E-state index contributed by atoms with van der Waals surface area (Å²) in [5.41, 5.74) is 1.57. The van der Waals surface area contributed by atoms with Gasteiger partial charge in [-0.25, -0.2) is 0 Å². The van der Waals surface area contributed by atoms with Crippen LogP contribution in [0.3, 0.4) is 0 Å². The molecular formula is C11H13NO2. The molecule has 1 aliphatic heterocycles. The number of nitrogens with one attached hydrogen (secondary N) is 1. The molecule has 0 aromatic carbocycles. The molecule has 0 saturated carbocycles. The van der Waals surface area contributed by atoms with Crippen molar-refractivity contribution in [1.82, 2.24) is 0 Å². The fourth-order valence-electron chi connectivity index (χ4n) is 1.68. The lowest BCUT2D eigenvalue weighted by Gasteiger charge is -2.21. The number of hydrogen-bond acceptors (Lipinski definition) is 3. The van der Waals surface area contributed by atoms with Crippen molar-refractivity contribution >= 4 is 11.5 Å². The second kappa shape index (κ2) is 2.74. The summed E-state index contributed by atoms with van der Waals surface area (Å²) in [4.78, 5) is 0. The third-order valence-electron chi connectivity index (χ3n) is 2.33. The molecule has 0 radical (unpaired) electrons. The maximum Gasteiger partial charge on any atom is 0.206 e. The second-order valence-corrected chi connectivity index (χ2v) is 3.98. The Labute approximate surface area is 82.9 Å². The van der Waals surface area contributed by atoms with Crippen molar-refractivity contribution in [3.8, 4) is 0 Å². The van der Waals surface area contributed by atoms with Gasteiger partial charge in [0.25, 0.3) is 0 Å². The van der Waals surface area contributed by atoms with Crippen LogP contribution in [0, 0.1) is 12.3 Å².